The van der Waals surface area contributed by atoms with Crippen molar-refractivity contribution in [3.63, 3.8) is 0 Å². The molecule has 0 aromatic rings. The van der Waals surface area contributed by atoms with Crippen LogP contribution < -0.4 is 11.5 Å². The number of carbonyl (C=O) groups excluding carboxylic acids is 1. The van der Waals surface area contributed by atoms with Crippen molar-refractivity contribution in [3.05, 3.63) is 0 Å². The van der Waals surface area contributed by atoms with Crippen molar-refractivity contribution >= 4 is 23.2 Å². The number of urea groups is 1. The fourth-order valence-corrected chi connectivity index (χ4v) is 0.761. The van der Waals surface area contributed by atoms with E-state index in [-0.39, 0.29) is 0 Å². The van der Waals surface area contributed by atoms with Gasteiger partial charge < -0.3 is 16.4 Å². The molecule has 5 heteroatoms. The topological polar surface area (TPSA) is 72.3 Å². The molecule has 0 aliphatic heterocycles. The minimum atomic E-state index is -0.427. The Kier molecular flexibility index (Phi) is 4.52. The molecule has 0 fully saturated rings. The highest BCUT2D eigenvalue weighted by Crippen LogP contribution is 1.90. The molecule has 0 bridgehead atoms. The van der Waals surface area contributed by atoms with Crippen LogP contribution in [0.5, 0.6) is 0 Å². The molecule has 4 N–H and O–H groups in total. The molecule has 4 nitrogen and oxygen atoms in total. The molecule has 0 unspecified atom stereocenters. The van der Waals surface area contributed by atoms with Gasteiger partial charge in [0.05, 0.1) is 4.99 Å². The van der Waals surface area contributed by atoms with Crippen molar-refractivity contribution < 1.29 is 4.79 Å². The van der Waals surface area contributed by atoms with Gasteiger partial charge in [0, 0.05) is 19.5 Å². The lowest BCUT2D eigenvalue weighted by molar-refractivity contribution is 0.212. The van der Waals surface area contributed by atoms with E-state index in [1.54, 1.807) is 0 Å². The van der Waals surface area contributed by atoms with Gasteiger partial charge in [-0.1, -0.05) is 12.2 Å². The number of amides is 2. The Labute approximate surface area is 71.5 Å². The second-order valence-corrected chi connectivity index (χ2v) is 2.66. The van der Waals surface area contributed by atoms with Crippen LogP contribution in [0.15, 0.2) is 0 Å². The molecular formula is C6H13N3OS. The van der Waals surface area contributed by atoms with Crippen LogP contribution in [0.2, 0.25) is 0 Å². The number of carbonyl (C=O) groups is 1. The molecule has 0 radical (unpaired) electrons. The van der Waals surface area contributed by atoms with Crippen molar-refractivity contribution in [2.24, 2.45) is 11.5 Å². The highest BCUT2D eigenvalue weighted by molar-refractivity contribution is 7.80. The van der Waals surface area contributed by atoms with Gasteiger partial charge >= 0.3 is 6.03 Å². The minimum Gasteiger partial charge on any atom is -0.393 e. The molecule has 0 heterocycles. The Morgan fingerprint density at radius 1 is 1.55 bits per heavy atom. The largest absolute Gasteiger partial charge is 0.393 e. The second kappa shape index (κ2) is 4.90. The zero-order chi connectivity index (χ0) is 8.85. The van der Waals surface area contributed by atoms with Gasteiger partial charge in [0.25, 0.3) is 0 Å². The predicted octanol–water partition coefficient (Wildman–Crippen LogP) is 0.0632. The Bertz CT molecular complexity index is 160. The standard InChI is InChI=1S/C6H13N3OS/c1-2-9(6(8)10)4-3-5(7)11/h2-4H2,1H3,(H2,7,11)(H2,8,10). The first-order valence-electron chi connectivity index (χ1n) is 3.40. The van der Waals surface area contributed by atoms with Crippen molar-refractivity contribution in [2.45, 2.75) is 13.3 Å². The first-order valence-corrected chi connectivity index (χ1v) is 3.81. The summed E-state index contributed by atoms with van der Waals surface area (Å²) in [5, 5.41) is 0. The van der Waals surface area contributed by atoms with E-state index < -0.39 is 6.03 Å². The fraction of sp³-hybridized carbons (Fsp3) is 0.667. The summed E-state index contributed by atoms with van der Waals surface area (Å²) in [4.78, 5) is 12.5. The van der Waals surface area contributed by atoms with Gasteiger partial charge in [-0.2, -0.15) is 0 Å². The van der Waals surface area contributed by atoms with Gasteiger partial charge in [-0.3, -0.25) is 0 Å². The summed E-state index contributed by atoms with van der Waals surface area (Å²) < 4.78 is 0. The van der Waals surface area contributed by atoms with E-state index in [2.05, 4.69) is 12.2 Å². The molecule has 0 spiro atoms. The number of thiocarbonyl (C=S) groups is 1. The third-order valence-corrected chi connectivity index (χ3v) is 1.53. The molecule has 0 saturated heterocycles. The van der Waals surface area contributed by atoms with Gasteiger partial charge in [-0.05, 0) is 6.92 Å². The summed E-state index contributed by atoms with van der Waals surface area (Å²) >= 11 is 4.65. The third kappa shape index (κ3) is 4.55. The first kappa shape index (κ1) is 10.2. The summed E-state index contributed by atoms with van der Waals surface area (Å²) in [5.41, 5.74) is 10.3. The average molecular weight is 175 g/mol. The molecule has 2 amide bonds. The monoisotopic (exact) mass is 175 g/mol. The number of hydrogen-bond acceptors (Lipinski definition) is 2. The van der Waals surface area contributed by atoms with Crippen LogP contribution in [-0.4, -0.2) is 29.0 Å². The Balaban J connectivity index is 3.70. The average Bonchev–Trinajstić information content (AvgIpc) is 1.87. The summed E-state index contributed by atoms with van der Waals surface area (Å²) in [6.45, 7) is 2.96. The van der Waals surface area contributed by atoms with E-state index in [4.69, 9.17) is 11.5 Å². The smallest absolute Gasteiger partial charge is 0.314 e. The molecule has 11 heavy (non-hydrogen) atoms. The number of hydrogen-bond donors (Lipinski definition) is 2. The van der Waals surface area contributed by atoms with Crippen LogP contribution in [0.25, 0.3) is 0 Å². The van der Waals surface area contributed by atoms with Crippen molar-refractivity contribution in [1.82, 2.24) is 4.90 Å². The maximum Gasteiger partial charge on any atom is 0.314 e. The van der Waals surface area contributed by atoms with Gasteiger partial charge in [-0.15, -0.1) is 0 Å². The highest BCUT2D eigenvalue weighted by Gasteiger charge is 2.05. The predicted molar refractivity (Wildman–Crippen MR) is 48.2 cm³/mol. The lowest BCUT2D eigenvalue weighted by Gasteiger charge is -2.16. The molecule has 0 aliphatic carbocycles. The summed E-state index contributed by atoms with van der Waals surface area (Å²) in [5.74, 6) is 0. The lowest BCUT2D eigenvalue weighted by atomic mass is 10.4. The van der Waals surface area contributed by atoms with E-state index in [0.29, 0.717) is 24.5 Å². The number of primary amides is 1. The molecule has 0 aliphatic rings. The van der Waals surface area contributed by atoms with E-state index in [1.807, 2.05) is 6.92 Å². The number of rotatable bonds is 4. The van der Waals surface area contributed by atoms with E-state index >= 15 is 0 Å². The van der Waals surface area contributed by atoms with E-state index in [0.717, 1.165) is 0 Å². The first-order chi connectivity index (χ1) is 5.07. The van der Waals surface area contributed by atoms with Crippen LogP contribution >= 0.6 is 12.2 Å². The van der Waals surface area contributed by atoms with Gasteiger partial charge in [0.2, 0.25) is 0 Å². The molecule has 0 rings (SSSR count). The van der Waals surface area contributed by atoms with E-state index in [9.17, 15) is 4.79 Å². The second-order valence-electron chi connectivity index (χ2n) is 2.13. The van der Waals surface area contributed by atoms with Crippen LogP contribution in [0, 0.1) is 0 Å². The number of nitrogens with zero attached hydrogens (tertiary/aromatic N) is 1. The van der Waals surface area contributed by atoms with Gasteiger partial charge in [0.1, 0.15) is 0 Å². The molecule has 0 aromatic heterocycles. The summed E-state index contributed by atoms with van der Waals surface area (Å²) in [7, 11) is 0. The van der Waals surface area contributed by atoms with Crippen LogP contribution in [0.3, 0.4) is 0 Å². The Morgan fingerprint density at radius 2 is 2.09 bits per heavy atom. The van der Waals surface area contributed by atoms with Crippen LogP contribution in [0.1, 0.15) is 13.3 Å². The van der Waals surface area contributed by atoms with Crippen molar-refractivity contribution in [1.29, 1.82) is 0 Å². The maximum atomic E-state index is 10.6. The lowest BCUT2D eigenvalue weighted by Crippen LogP contribution is -2.37. The molecule has 0 saturated carbocycles. The quantitative estimate of drug-likeness (QED) is 0.594. The zero-order valence-corrected chi connectivity index (χ0v) is 7.36. The molecule has 0 aromatic carbocycles. The summed E-state index contributed by atoms with van der Waals surface area (Å²) in [6, 6.07) is -0.427. The van der Waals surface area contributed by atoms with Crippen molar-refractivity contribution in [2.75, 3.05) is 13.1 Å². The number of nitrogens with two attached hydrogens (primary N) is 2. The Hall–Kier alpha value is -0.840. The minimum absolute atomic E-state index is 0.407. The van der Waals surface area contributed by atoms with Crippen LogP contribution in [0.4, 0.5) is 4.79 Å². The highest BCUT2D eigenvalue weighted by atomic mass is 32.1. The van der Waals surface area contributed by atoms with E-state index in [1.165, 1.54) is 4.90 Å². The fourth-order valence-electron chi connectivity index (χ4n) is 0.669. The van der Waals surface area contributed by atoms with Crippen molar-refractivity contribution in [3.8, 4) is 0 Å². The van der Waals surface area contributed by atoms with Crippen LogP contribution in [-0.2, 0) is 0 Å². The third-order valence-electron chi connectivity index (χ3n) is 1.32. The Morgan fingerprint density at radius 3 is 2.36 bits per heavy atom. The van der Waals surface area contributed by atoms with Gasteiger partial charge in [0.15, 0.2) is 0 Å². The summed E-state index contributed by atoms with van der Waals surface area (Å²) in [6.07, 6.45) is 0.534. The molecule has 64 valence electrons. The van der Waals surface area contributed by atoms with Gasteiger partial charge in [-0.25, -0.2) is 4.79 Å². The maximum absolute atomic E-state index is 10.6. The molecule has 0 atom stereocenters. The SMILES string of the molecule is CCN(CCC(N)=S)C(N)=O. The zero-order valence-electron chi connectivity index (χ0n) is 6.54. The normalized spacial score (nSPS) is 9.18. The molecular weight excluding hydrogens is 162 g/mol.